The molecule has 1 aromatic rings. The van der Waals surface area contributed by atoms with Gasteiger partial charge in [-0.25, -0.2) is 0 Å². The molecule has 0 aromatic heterocycles. The van der Waals surface area contributed by atoms with Crippen LogP contribution in [0.2, 0.25) is 0 Å². The van der Waals surface area contributed by atoms with E-state index in [4.69, 9.17) is 12.2 Å². The van der Waals surface area contributed by atoms with Crippen LogP contribution in [0.4, 0.5) is 0 Å². The van der Waals surface area contributed by atoms with E-state index < -0.39 is 0 Å². The quantitative estimate of drug-likeness (QED) is 0.589. The van der Waals surface area contributed by atoms with Gasteiger partial charge in [0, 0.05) is 11.6 Å². The largest absolute Gasteiger partial charge is 0.373 e. The summed E-state index contributed by atoms with van der Waals surface area (Å²) in [4.78, 5) is 0.902. The zero-order valence-corrected chi connectivity index (χ0v) is 13.8. The number of benzene rings is 1. The minimum absolute atomic E-state index is 0.458. The van der Waals surface area contributed by atoms with Crippen molar-refractivity contribution in [1.29, 1.82) is 0 Å². The van der Waals surface area contributed by atoms with Crippen molar-refractivity contribution in [2.45, 2.75) is 66.3 Å². The molecule has 0 spiro atoms. The lowest BCUT2D eigenvalue weighted by Gasteiger charge is -2.19. The van der Waals surface area contributed by atoms with Crippen LogP contribution in [-0.2, 0) is 0 Å². The van der Waals surface area contributed by atoms with Gasteiger partial charge in [-0.2, -0.15) is 0 Å². The first-order chi connectivity index (χ1) is 8.95. The molecular formula is C17H27NS. The Kier molecular flexibility index (Phi) is 6.50. The molecule has 106 valence electrons. The topological polar surface area (TPSA) is 12.0 Å². The Morgan fingerprint density at radius 3 is 2.26 bits per heavy atom. The van der Waals surface area contributed by atoms with Gasteiger partial charge in [0.2, 0.25) is 0 Å². The highest BCUT2D eigenvalue weighted by Gasteiger charge is 2.11. The van der Waals surface area contributed by atoms with E-state index in [-0.39, 0.29) is 0 Å². The van der Waals surface area contributed by atoms with Gasteiger partial charge in [0.25, 0.3) is 0 Å². The number of hydrogen-bond acceptors (Lipinski definition) is 1. The average molecular weight is 277 g/mol. The lowest BCUT2D eigenvalue weighted by atomic mass is 9.99. The first-order valence-electron chi connectivity index (χ1n) is 7.34. The zero-order valence-electron chi connectivity index (χ0n) is 13.0. The molecule has 2 heteroatoms. The molecule has 1 atom stereocenters. The second-order valence-corrected chi connectivity index (χ2v) is 6.05. The summed E-state index contributed by atoms with van der Waals surface area (Å²) in [5.41, 5.74) is 5.06. The van der Waals surface area contributed by atoms with Crippen molar-refractivity contribution >= 4 is 17.2 Å². The molecule has 1 unspecified atom stereocenters. The smallest absolute Gasteiger partial charge is 0.107 e. The monoisotopic (exact) mass is 277 g/mol. The summed E-state index contributed by atoms with van der Waals surface area (Å²) in [6.45, 7) is 10.9. The third-order valence-corrected chi connectivity index (χ3v) is 3.84. The molecule has 19 heavy (non-hydrogen) atoms. The fraction of sp³-hybridized carbons (Fsp3) is 0.588. The molecule has 0 fully saturated rings. The Hall–Kier alpha value is -0.890. The third kappa shape index (κ3) is 4.94. The number of rotatable bonds is 6. The first-order valence-corrected chi connectivity index (χ1v) is 7.75. The molecule has 0 radical (unpaired) electrons. The molecule has 0 heterocycles. The van der Waals surface area contributed by atoms with E-state index in [1.54, 1.807) is 0 Å². The van der Waals surface area contributed by atoms with Gasteiger partial charge in [-0.15, -0.1) is 0 Å². The van der Waals surface area contributed by atoms with Crippen LogP contribution in [0.25, 0.3) is 0 Å². The van der Waals surface area contributed by atoms with Crippen LogP contribution in [0.5, 0.6) is 0 Å². The second-order valence-electron chi connectivity index (χ2n) is 5.64. The third-order valence-electron chi connectivity index (χ3n) is 3.52. The molecule has 1 N–H and O–H groups in total. The predicted molar refractivity (Wildman–Crippen MR) is 89.1 cm³/mol. The maximum atomic E-state index is 5.58. The molecule has 1 aromatic carbocycles. The summed E-state index contributed by atoms with van der Waals surface area (Å²) in [5.74, 6) is 0. The van der Waals surface area contributed by atoms with Crippen molar-refractivity contribution in [3.05, 3.63) is 34.4 Å². The Balaban J connectivity index is 2.68. The van der Waals surface area contributed by atoms with Gasteiger partial charge < -0.3 is 5.32 Å². The van der Waals surface area contributed by atoms with Crippen LogP contribution in [-0.4, -0.2) is 11.0 Å². The summed E-state index contributed by atoms with van der Waals surface area (Å²) in [5, 5.41) is 3.49. The SMILES string of the molecule is CCCCCC(C)NC(=S)c1c(C)cc(C)cc1C. The molecule has 0 aliphatic rings. The Labute approximate surface area is 123 Å². The number of nitrogens with one attached hydrogen (secondary N) is 1. The van der Waals surface area contributed by atoms with Gasteiger partial charge >= 0.3 is 0 Å². The zero-order chi connectivity index (χ0) is 14.4. The van der Waals surface area contributed by atoms with Crippen molar-refractivity contribution < 1.29 is 0 Å². The summed E-state index contributed by atoms with van der Waals surface area (Å²) in [6, 6.07) is 4.87. The maximum Gasteiger partial charge on any atom is 0.107 e. The molecule has 0 bridgehead atoms. The van der Waals surface area contributed by atoms with E-state index in [1.165, 1.54) is 47.9 Å². The molecule has 0 saturated heterocycles. The van der Waals surface area contributed by atoms with Gasteiger partial charge in [0.1, 0.15) is 4.99 Å². The number of thiocarbonyl (C=S) groups is 1. The van der Waals surface area contributed by atoms with Crippen LogP contribution < -0.4 is 5.32 Å². The van der Waals surface area contributed by atoms with Crippen LogP contribution in [0, 0.1) is 20.8 Å². The number of aryl methyl sites for hydroxylation is 3. The Bertz CT molecular complexity index is 414. The highest BCUT2D eigenvalue weighted by Crippen LogP contribution is 2.17. The summed E-state index contributed by atoms with van der Waals surface area (Å²) < 4.78 is 0. The minimum atomic E-state index is 0.458. The van der Waals surface area contributed by atoms with E-state index in [2.05, 4.69) is 52.1 Å². The molecule has 0 aliphatic heterocycles. The highest BCUT2D eigenvalue weighted by molar-refractivity contribution is 7.80. The lowest BCUT2D eigenvalue weighted by Crippen LogP contribution is -2.32. The highest BCUT2D eigenvalue weighted by atomic mass is 32.1. The summed E-state index contributed by atoms with van der Waals surface area (Å²) in [7, 11) is 0. The van der Waals surface area contributed by atoms with E-state index in [0.717, 1.165) is 4.99 Å². The summed E-state index contributed by atoms with van der Waals surface area (Å²) in [6.07, 6.45) is 5.05. The molecule has 1 rings (SSSR count). The first kappa shape index (κ1) is 16.2. The standard InChI is InChI=1S/C17H27NS/c1-6-7-8-9-15(5)18-17(19)16-13(3)10-12(2)11-14(16)4/h10-11,15H,6-9H2,1-5H3,(H,18,19). The van der Waals surface area contributed by atoms with Gasteiger partial charge in [0.05, 0.1) is 0 Å². The average Bonchev–Trinajstić information content (AvgIpc) is 2.27. The van der Waals surface area contributed by atoms with E-state index in [0.29, 0.717) is 6.04 Å². The van der Waals surface area contributed by atoms with E-state index in [9.17, 15) is 0 Å². The molecule has 0 aliphatic carbocycles. The van der Waals surface area contributed by atoms with Crippen molar-refractivity contribution in [3.63, 3.8) is 0 Å². The predicted octanol–water partition coefficient (Wildman–Crippen LogP) is 4.85. The van der Waals surface area contributed by atoms with Crippen LogP contribution >= 0.6 is 12.2 Å². The van der Waals surface area contributed by atoms with Crippen molar-refractivity contribution in [1.82, 2.24) is 5.32 Å². The number of hydrogen-bond donors (Lipinski definition) is 1. The van der Waals surface area contributed by atoms with Gasteiger partial charge in [-0.1, -0.05) is 56.1 Å². The van der Waals surface area contributed by atoms with Crippen molar-refractivity contribution in [2.75, 3.05) is 0 Å². The van der Waals surface area contributed by atoms with Crippen LogP contribution in [0.15, 0.2) is 12.1 Å². The lowest BCUT2D eigenvalue weighted by molar-refractivity contribution is 0.557. The maximum absolute atomic E-state index is 5.58. The van der Waals surface area contributed by atoms with E-state index >= 15 is 0 Å². The Morgan fingerprint density at radius 2 is 1.74 bits per heavy atom. The second kappa shape index (κ2) is 7.64. The minimum Gasteiger partial charge on any atom is -0.373 e. The summed E-state index contributed by atoms with van der Waals surface area (Å²) >= 11 is 5.58. The molecule has 0 saturated carbocycles. The van der Waals surface area contributed by atoms with Gasteiger partial charge in [-0.05, 0) is 45.2 Å². The van der Waals surface area contributed by atoms with E-state index in [1.807, 2.05) is 0 Å². The fourth-order valence-electron chi connectivity index (χ4n) is 2.61. The normalized spacial score (nSPS) is 12.3. The number of unbranched alkanes of at least 4 members (excludes halogenated alkanes) is 2. The van der Waals surface area contributed by atoms with Gasteiger partial charge in [0.15, 0.2) is 0 Å². The fourth-order valence-corrected chi connectivity index (χ4v) is 3.13. The molecular weight excluding hydrogens is 250 g/mol. The Morgan fingerprint density at radius 1 is 1.16 bits per heavy atom. The molecule has 0 amide bonds. The van der Waals surface area contributed by atoms with Crippen LogP contribution in [0.3, 0.4) is 0 Å². The van der Waals surface area contributed by atoms with Crippen LogP contribution in [0.1, 0.15) is 61.8 Å². The van der Waals surface area contributed by atoms with Crippen molar-refractivity contribution in [3.8, 4) is 0 Å². The molecule has 1 nitrogen and oxygen atoms in total. The van der Waals surface area contributed by atoms with Gasteiger partial charge in [-0.3, -0.25) is 0 Å². The van der Waals surface area contributed by atoms with Crippen molar-refractivity contribution in [2.24, 2.45) is 0 Å².